The summed E-state index contributed by atoms with van der Waals surface area (Å²) in [6.07, 6.45) is 7.53. The minimum Gasteiger partial charge on any atom is -0.352 e. The van der Waals surface area contributed by atoms with E-state index < -0.39 is 0 Å². The fourth-order valence-electron chi connectivity index (χ4n) is 2.11. The molecular weight excluding hydrogens is 188 g/mol. The van der Waals surface area contributed by atoms with Gasteiger partial charge in [-0.25, -0.2) is 0 Å². The number of hydrogen-bond donors (Lipinski definition) is 2. The van der Waals surface area contributed by atoms with Crippen LogP contribution in [-0.4, -0.2) is 25.5 Å². The van der Waals surface area contributed by atoms with Crippen molar-refractivity contribution in [2.45, 2.75) is 51.5 Å². The molecule has 1 saturated carbocycles. The molecule has 0 spiro atoms. The highest BCUT2D eigenvalue weighted by molar-refractivity contribution is 5.78. The van der Waals surface area contributed by atoms with Gasteiger partial charge in [0, 0.05) is 6.04 Å². The van der Waals surface area contributed by atoms with Crippen molar-refractivity contribution >= 4 is 5.91 Å². The number of carbonyl (C=O) groups is 1. The fraction of sp³-hybridized carbons (Fsp3) is 0.917. The molecule has 0 heterocycles. The zero-order valence-electron chi connectivity index (χ0n) is 10.0. The summed E-state index contributed by atoms with van der Waals surface area (Å²) in [7, 11) is 1.81. The maximum atomic E-state index is 11.5. The molecule has 0 aliphatic heterocycles. The van der Waals surface area contributed by atoms with E-state index in [0.29, 0.717) is 12.6 Å². The van der Waals surface area contributed by atoms with Crippen LogP contribution >= 0.6 is 0 Å². The predicted molar refractivity (Wildman–Crippen MR) is 62.7 cm³/mol. The van der Waals surface area contributed by atoms with Gasteiger partial charge in [0.25, 0.3) is 0 Å². The van der Waals surface area contributed by atoms with Crippen LogP contribution < -0.4 is 10.6 Å². The first-order chi connectivity index (χ1) is 7.27. The molecule has 1 amide bonds. The van der Waals surface area contributed by atoms with E-state index in [1.165, 1.54) is 32.1 Å². The fourth-order valence-corrected chi connectivity index (χ4v) is 2.11. The maximum Gasteiger partial charge on any atom is 0.234 e. The molecule has 0 aromatic carbocycles. The van der Waals surface area contributed by atoms with Crippen LogP contribution in [0, 0.1) is 5.92 Å². The highest BCUT2D eigenvalue weighted by Crippen LogP contribution is 2.31. The lowest BCUT2D eigenvalue weighted by Crippen LogP contribution is -2.45. The molecular formula is C12H24N2O. The number of amides is 1. The molecule has 1 unspecified atom stereocenters. The quantitative estimate of drug-likeness (QED) is 0.674. The Bertz CT molecular complexity index is 190. The zero-order valence-corrected chi connectivity index (χ0v) is 10.0. The third-order valence-electron chi connectivity index (χ3n) is 3.27. The lowest BCUT2D eigenvalue weighted by molar-refractivity contribution is -0.121. The Morgan fingerprint density at radius 2 is 2.20 bits per heavy atom. The van der Waals surface area contributed by atoms with Gasteiger partial charge in [-0.3, -0.25) is 4.79 Å². The Kier molecular flexibility index (Phi) is 5.69. The smallest absolute Gasteiger partial charge is 0.234 e. The molecule has 0 bridgehead atoms. The Balaban J connectivity index is 2.30. The number of hydrogen-bond acceptors (Lipinski definition) is 2. The normalized spacial score (nSPS) is 18.3. The van der Waals surface area contributed by atoms with Crippen LogP contribution in [0.15, 0.2) is 0 Å². The summed E-state index contributed by atoms with van der Waals surface area (Å²) in [5.74, 6) is 0.892. The summed E-state index contributed by atoms with van der Waals surface area (Å²) in [4.78, 5) is 11.5. The molecule has 3 heteroatoms. The van der Waals surface area contributed by atoms with Crippen LogP contribution in [0.4, 0.5) is 0 Å². The van der Waals surface area contributed by atoms with Gasteiger partial charge in [0.1, 0.15) is 0 Å². The van der Waals surface area contributed by atoms with E-state index in [0.717, 1.165) is 12.3 Å². The highest BCUT2D eigenvalue weighted by Gasteiger charge is 2.27. The van der Waals surface area contributed by atoms with Crippen LogP contribution in [0.2, 0.25) is 0 Å². The maximum absolute atomic E-state index is 11.5. The van der Waals surface area contributed by atoms with Crippen molar-refractivity contribution in [3.63, 3.8) is 0 Å². The lowest BCUT2D eigenvalue weighted by Gasteiger charge is -2.34. The zero-order chi connectivity index (χ0) is 11.1. The molecule has 1 atom stereocenters. The monoisotopic (exact) mass is 212 g/mol. The van der Waals surface area contributed by atoms with Crippen LogP contribution in [0.3, 0.4) is 0 Å². The molecule has 1 fully saturated rings. The first-order valence-electron chi connectivity index (χ1n) is 6.22. The third-order valence-corrected chi connectivity index (χ3v) is 3.27. The van der Waals surface area contributed by atoms with Gasteiger partial charge in [0.05, 0.1) is 6.54 Å². The third kappa shape index (κ3) is 4.20. The second-order valence-corrected chi connectivity index (χ2v) is 4.54. The van der Waals surface area contributed by atoms with Gasteiger partial charge >= 0.3 is 0 Å². The second kappa shape index (κ2) is 6.83. The van der Waals surface area contributed by atoms with Crippen molar-refractivity contribution in [2.75, 3.05) is 13.6 Å². The van der Waals surface area contributed by atoms with Gasteiger partial charge in [-0.1, -0.05) is 26.2 Å². The molecule has 3 nitrogen and oxygen atoms in total. The van der Waals surface area contributed by atoms with Gasteiger partial charge in [-0.15, -0.1) is 0 Å². The van der Waals surface area contributed by atoms with Crippen molar-refractivity contribution in [1.29, 1.82) is 0 Å². The SMILES string of the molecule is CCCCC(NC(=O)CNC)C1CCC1. The minimum absolute atomic E-state index is 0.144. The summed E-state index contributed by atoms with van der Waals surface area (Å²) in [6, 6.07) is 0.430. The summed E-state index contributed by atoms with van der Waals surface area (Å²) < 4.78 is 0. The Morgan fingerprint density at radius 1 is 1.47 bits per heavy atom. The van der Waals surface area contributed by atoms with E-state index in [-0.39, 0.29) is 5.91 Å². The standard InChI is InChI=1S/C12H24N2O/c1-3-4-8-11(10-6-5-7-10)14-12(15)9-13-2/h10-11,13H,3-9H2,1-2H3,(H,14,15). The Labute approximate surface area is 93.0 Å². The van der Waals surface area contributed by atoms with Crippen molar-refractivity contribution in [3.05, 3.63) is 0 Å². The number of unbranched alkanes of at least 4 members (excludes halogenated alkanes) is 1. The Morgan fingerprint density at radius 3 is 2.67 bits per heavy atom. The molecule has 0 aromatic heterocycles. The molecule has 88 valence electrons. The van der Waals surface area contributed by atoms with Crippen molar-refractivity contribution < 1.29 is 4.79 Å². The molecule has 2 N–H and O–H groups in total. The first kappa shape index (κ1) is 12.5. The Hall–Kier alpha value is -0.570. The van der Waals surface area contributed by atoms with Gasteiger partial charge < -0.3 is 10.6 Å². The lowest BCUT2D eigenvalue weighted by atomic mass is 9.78. The largest absolute Gasteiger partial charge is 0.352 e. The van der Waals surface area contributed by atoms with Crippen LogP contribution in [0.25, 0.3) is 0 Å². The van der Waals surface area contributed by atoms with Gasteiger partial charge in [-0.05, 0) is 32.2 Å². The van der Waals surface area contributed by atoms with E-state index in [1.54, 1.807) is 0 Å². The summed E-state index contributed by atoms with van der Waals surface area (Å²) >= 11 is 0. The average Bonchev–Trinajstić information content (AvgIpc) is 2.11. The van der Waals surface area contributed by atoms with Gasteiger partial charge in [-0.2, -0.15) is 0 Å². The molecule has 0 radical (unpaired) electrons. The van der Waals surface area contributed by atoms with Crippen molar-refractivity contribution in [1.82, 2.24) is 10.6 Å². The summed E-state index contributed by atoms with van der Waals surface area (Å²) in [5.41, 5.74) is 0. The van der Waals surface area contributed by atoms with Gasteiger partial charge in [0.2, 0.25) is 5.91 Å². The second-order valence-electron chi connectivity index (χ2n) is 4.54. The highest BCUT2D eigenvalue weighted by atomic mass is 16.1. The molecule has 1 aliphatic rings. The van der Waals surface area contributed by atoms with Crippen LogP contribution in [-0.2, 0) is 4.79 Å². The summed E-state index contributed by atoms with van der Waals surface area (Å²) in [5, 5.41) is 6.05. The van der Waals surface area contributed by atoms with Crippen molar-refractivity contribution in [3.8, 4) is 0 Å². The number of carbonyl (C=O) groups excluding carboxylic acids is 1. The van der Waals surface area contributed by atoms with Crippen LogP contribution in [0.5, 0.6) is 0 Å². The van der Waals surface area contributed by atoms with Crippen molar-refractivity contribution in [2.24, 2.45) is 5.92 Å². The van der Waals surface area contributed by atoms with E-state index in [1.807, 2.05) is 7.05 Å². The molecule has 1 aliphatic carbocycles. The topological polar surface area (TPSA) is 41.1 Å². The molecule has 0 saturated heterocycles. The average molecular weight is 212 g/mol. The van der Waals surface area contributed by atoms with Gasteiger partial charge in [0.15, 0.2) is 0 Å². The molecule has 0 aromatic rings. The number of likely N-dealkylation sites (N-methyl/N-ethyl adjacent to an activating group) is 1. The number of rotatable bonds is 7. The summed E-state index contributed by atoms with van der Waals surface area (Å²) in [6.45, 7) is 2.64. The van der Waals surface area contributed by atoms with E-state index >= 15 is 0 Å². The van der Waals surface area contributed by atoms with E-state index in [9.17, 15) is 4.79 Å². The predicted octanol–water partition coefficient (Wildman–Crippen LogP) is 1.68. The minimum atomic E-state index is 0.144. The first-order valence-corrected chi connectivity index (χ1v) is 6.22. The van der Waals surface area contributed by atoms with E-state index in [4.69, 9.17) is 0 Å². The van der Waals surface area contributed by atoms with E-state index in [2.05, 4.69) is 17.6 Å². The molecule has 1 rings (SSSR count). The number of nitrogens with one attached hydrogen (secondary N) is 2. The molecule has 15 heavy (non-hydrogen) atoms. The van der Waals surface area contributed by atoms with Crippen LogP contribution in [0.1, 0.15) is 45.4 Å².